The minimum atomic E-state index is -1.03. The molecule has 0 saturated carbocycles. The van der Waals surface area contributed by atoms with Gasteiger partial charge in [-0.15, -0.1) is 23.2 Å². The van der Waals surface area contributed by atoms with E-state index in [1.807, 2.05) is 51.1 Å². The van der Waals surface area contributed by atoms with Gasteiger partial charge in [0.1, 0.15) is 22.2 Å². The van der Waals surface area contributed by atoms with Gasteiger partial charge in [-0.1, -0.05) is 72.8 Å². The third kappa shape index (κ3) is 21.7. The zero-order valence-electron chi connectivity index (χ0n) is 48.2. The van der Waals surface area contributed by atoms with Gasteiger partial charge < -0.3 is 47.5 Å². The Balaban J connectivity index is 0.000000245. The highest BCUT2D eigenvalue weighted by molar-refractivity contribution is 6.40. The Morgan fingerprint density at radius 1 is 0.447 bits per heavy atom. The van der Waals surface area contributed by atoms with Crippen LogP contribution >= 0.6 is 23.2 Å². The molecule has 2 atom stereocenters. The minimum absolute atomic E-state index is 0.134. The van der Waals surface area contributed by atoms with Crippen LogP contribution in [0.2, 0.25) is 0 Å². The molecule has 0 amide bonds. The fourth-order valence-corrected chi connectivity index (χ4v) is 7.33. The van der Waals surface area contributed by atoms with Gasteiger partial charge in [-0.2, -0.15) is 0 Å². The van der Waals surface area contributed by atoms with Crippen LogP contribution in [-0.4, -0.2) is 113 Å². The van der Waals surface area contributed by atoms with Crippen molar-refractivity contribution in [2.75, 3.05) is 33.8 Å². The molecule has 0 aliphatic rings. The molecule has 0 aliphatic heterocycles. The lowest BCUT2D eigenvalue weighted by Crippen LogP contribution is -2.24. The van der Waals surface area contributed by atoms with Crippen LogP contribution in [0.1, 0.15) is 129 Å². The van der Waals surface area contributed by atoms with Gasteiger partial charge in [0.25, 0.3) is 0 Å². The predicted molar refractivity (Wildman–Crippen MR) is 314 cm³/mol. The Morgan fingerprint density at radius 3 is 1.02 bits per heavy atom. The van der Waals surface area contributed by atoms with Gasteiger partial charge in [0.15, 0.2) is 23.0 Å². The molecule has 0 spiro atoms. The second-order valence-electron chi connectivity index (χ2n) is 19.8. The van der Waals surface area contributed by atoms with Crippen molar-refractivity contribution in [3.05, 3.63) is 202 Å². The van der Waals surface area contributed by atoms with E-state index in [1.54, 1.807) is 112 Å². The number of methoxy groups -OCH3 is 4. The van der Waals surface area contributed by atoms with E-state index >= 15 is 0 Å². The summed E-state index contributed by atoms with van der Waals surface area (Å²) in [6.45, 7) is 10.9. The van der Waals surface area contributed by atoms with Crippen molar-refractivity contribution in [2.45, 2.75) is 77.4 Å². The molecule has 85 heavy (non-hydrogen) atoms. The van der Waals surface area contributed by atoms with Gasteiger partial charge in [-0.3, -0.25) is 19.2 Å². The van der Waals surface area contributed by atoms with E-state index in [4.69, 9.17) is 61.2 Å². The fraction of sp³-hybridized carbons (Fsp3) is 0.270. The highest BCUT2D eigenvalue weighted by atomic mass is 35.5. The molecule has 0 aliphatic carbocycles. The van der Waals surface area contributed by atoms with Gasteiger partial charge in [0.05, 0.1) is 68.9 Å². The van der Waals surface area contributed by atoms with Crippen molar-refractivity contribution in [2.24, 2.45) is 0 Å². The number of ether oxygens (including phenoxy) is 6. The number of carboxylic acids is 2. The van der Waals surface area contributed by atoms with E-state index in [9.17, 15) is 38.4 Å². The van der Waals surface area contributed by atoms with E-state index in [1.165, 1.54) is 52.7 Å². The number of nitrogens with zero attached hydrogens (tertiary/aromatic N) is 2. The van der Waals surface area contributed by atoms with Crippen LogP contribution in [0.3, 0.4) is 0 Å². The molecule has 2 unspecified atom stereocenters. The smallest absolute Gasteiger partial charge is 0.338 e. The van der Waals surface area contributed by atoms with Gasteiger partial charge in [0, 0.05) is 0 Å². The quantitative estimate of drug-likeness (QED) is 0.0581. The zero-order chi connectivity index (χ0) is 63.0. The lowest BCUT2D eigenvalue weighted by molar-refractivity contribution is -0.142. The first-order valence-electron chi connectivity index (χ1n) is 25.7. The second kappa shape index (κ2) is 32.4. The average molecular weight is 1210 g/mol. The number of carbonyl (C=O) groups excluding carboxylic acids is 6. The third-order valence-corrected chi connectivity index (χ3v) is 11.3. The SMILES string of the molecule is COC(=O)C(c1ccc(C(=O)O)cc1)c1nc2ccccc2o1.COC(=O)C(c1ccc(C(=O)OC(C)(C)C)cc1)c1nc2ccccc2o1.COC(=O)Cc1ccc(C(=O)O)cc1.COC(=O)Cc1ccc(C(=O)OC(C)(C)C)cc1.ClCCl. The summed E-state index contributed by atoms with van der Waals surface area (Å²) >= 11 is 9.53. The molecular formula is C63H64Cl2N2O18. The number of aromatic carboxylic acids is 2. The van der Waals surface area contributed by atoms with Crippen LogP contribution in [0, 0.1) is 0 Å². The van der Waals surface area contributed by atoms with Crippen LogP contribution in [-0.2, 0) is 60.4 Å². The number of esters is 6. The minimum Gasteiger partial charge on any atom is -0.478 e. The van der Waals surface area contributed by atoms with E-state index in [0.29, 0.717) is 44.5 Å². The molecule has 2 N–H and O–H groups in total. The Kier molecular flexibility index (Phi) is 26.0. The van der Waals surface area contributed by atoms with Crippen molar-refractivity contribution in [3.8, 4) is 0 Å². The second-order valence-corrected chi connectivity index (χ2v) is 20.6. The van der Waals surface area contributed by atoms with Crippen LogP contribution in [0.25, 0.3) is 22.2 Å². The van der Waals surface area contributed by atoms with Crippen LogP contribution in [0.15, 0.2) is 154 Å². The van der Waals surface area contributed by atoms with E-state index in [0.717, 1.165) is 11.1 Å². The Bertz CT molecular complexity index is 3460. The number of aromatic nitrogens is 2. The highest BCUT2D eigenvalue weighted by Crippen LogP contribution is 2.31. The maximum atomic E-state index is 12.4. The maximum Gasteiger partial charge on any atom is 0.338 e. The molecule has 2 aromatic heterocycles. The van der Waals surface area contributed by atoms with Crippen molar-refractivity contribution < 1.29 is 85.8 Å². The monoisotopic (exact) mass is 1210 g/mol. The molecule has 20 nitrogen and oxygen atoms in total. The average Bonchev–Trinajstić information content (AvgIpc) is 4.13. The summed E-state index contributed by atoms with van der Waals surface area (Å²) in [5.41, 5.74) is 5.27. The van der Waals surface area contributed by atoms with Gasteiger partial charge in [0.2, 0.25) is 11.8 Å². The highest BCUT2D eigenvalue weighted by Gasteiger charge is 2.31. The molecule has 0 saturated heterocycles. The molecule has 8 rings (SSSR count). The molecule has 0 fully saturated rings. The van der Waals surface area contributed by atoms with E-state index in [2.05, 4.69) is 19.4 Å². The topological polar surface area (TPSA) is 284 Å². The van der Waals surface area contributed by atoms with Crippen molar-refractivity contribution >= 4 is 93.2 Å². The number of halogens is 2. The van der Waals surface area contributed by atoms with Crippen LogP contribution < -0.4 is 0 Å². The summed E-state index contributed by atoms with van der Waals surface area (Å²) in [5.74, 6) is -5.70. The van der Waals surface area contributed by atoms with E-state index < -0.39 is 52.9 Å². The van der Waals surface area contributed by atoms with Crippen molar-refractivity contribution in [3.63, 3.8) is 0 Å². The molecule has 2 heterocycles. The summed E-state index contributed by atoms with van der Waals surface area (Å²) < 4.78 is 40.8. The molecule has 448 valence electrons. The van der Waals surface area contributed by atoms with Crippen molar-refractivity contribution in [1.29, 1.82) is 0 Å². The first-order valence-corrected chi connectivity index (χ1v) is 26.7. The molecule has 0 bridgehead atoms. The lowest BCUT2D eigenvalue weighted by Gasteiger charge is -2.19. The van der Waals surface area contributed by atoms with Gasteiger partial charge in [-0.25, -0.2) is 29.1 Å². The van der Waals surface area contributed by atoms with Gasteiger partial charge in [-0.05, 0) is 137 Å². The van der Waals surface area contributed by atoms with Crippen LogP contribution in [0.4, 0.5) is 0 Å². The number of para-hydroxylation sites is 4. The standard InChI is InChI=1S/C21H21NO5.C17H13NO5.C14H18O4.C10H10O4.CH2Cl2/c1-21(2,3)27-19(23)14-11-9-13(10-12-14)17(20(24)25-4)18-22-15-7-5-6-8-16(15)26-18;1-22-17(21)14(10-6-8-11(9-7-10)16(19)20)15-18-12-4-2-3-5-13(12)23-15;1-14(2,3)18-13(16)11-7-5-10(6-8-11)9-12(15)17-4;1-14-9(11)6-7-2-4-8(5-3-7)10(12)13;2-1-3/h5-12,17H,1-4H3;2-9,14H,1H3,(H,19,20);5-8H,9H2,1-4H3;2-5H,6H2,1H3,(H,12,13);1H2. The van der Waals surface area contributed by atoms with Crippen molar-refractivity contribution in [1.82, 2.24) is 9.97 Å². The number of carboxylic acid groups (broad SMARTS) is 2. The number of hydrogen-bond acceptors (Lipinski definition) is 18. The Labute approximate surface area is 499 Å². The first kappa shape index (κ1) is 68.1. The number of fused-ring (bicyclic) bond motifs is 2. The summed E-state index contributed by atoms with van der Waals surface area (Å²) in [7, 11) is 5.25. The molecule has 6 aromatic carbocycles. The number of benzene rings is 6. The third-order valence-electron chi connectivity index (χ3n) is 11.3. The molecule has 8 aromatic rings. The molecule has 22 heteroatoms. The normalized spacial score (nSPS) is 11.3. The molecular weight excluding hydrogens is 1140 g/mol. The lowest BCUT2D eigenvalue weighted by atomic mass is 9.98. The number of alkyl halides is 2. The summed E-state index contributed by atoms with van der Waals surface area (Å²) in [6, 6.07) is 39.8. The first-order chi connectivity index (χ1) is 40.2. The fourth-order valence-electron chi connectivity index (χ4n) is 7.33. The summed E-state index contributed by atoms with van der Waals surface area (Å²) in [4.78, 5) is 101. The van der Waals surface area contributed by atoms with Crippen LogP contribution in [0.5, 0.6) is 0 Å². The maximum absolute atomic E-state index is 12.4. The number of rotatable bonds is 14. The number of oxazole rings is 2. The Morgan fingerprint density at radius 2 is 0.741 bits per heavy atom. The largest absolute Gasteiger partial charge is 0.478 e. The predicted octanol–water partition coefficient (Wildman–Crippen LogP) is 11.8. The van der Waals surface area contributed by atoms with Gasteiger partial charge >= 0.3 is 47.8 Å². The summed E-state index contributed by atoms with van der Waals surface area (Å²) in [5, 5.41) is 17.8. The van der Waals surface area contributed by atoms with E-state index in [-0.39, 0.29) is 59.0 Å². The summed E-state index contributed by atoms with van der Waals surface area (Å²) in [6.07, 6.45) is 0.363. The molecule has 0 radical (unpaired) electrons. The Hall–Kier alpha value is -9.40. The zero-order valence-corrected chi connectivity index (χ0v) is 49.7. The number of hydrogen-bond donors (Lipinski definition) is 2. The number of carbonyl (C=O) groups is 8.